The van der Waals surface area contributed by atoms with Gasteiger partial charge in [0.2, 0.25) is 0 Å². The molecule has 1 radical (unpaired) electrons. The number of rotatable bonds is 1. The van der Waals surface area contributed by atoms with E-state index in [1.165, 1.54) is 12.1 Å². The first-order valence-corrected chi connectivity index (χ1v) is 2.85. The smallest absolute Gasteiger partial charge is 0.335 e. The molecule has 2 heteroatoms. The lowest BCUT2D eigenvalue weighted by Gasteiger charge is -1.92. The second kappa shape index (κ2) is 2.52. The fourth-order valence-corrected chi connectivity index (χ4v) is 0.647. The van der Waals surface area contributed by atoms with Crippen LogP contribution in [0.5, 0.6) is 0 Å². The molecular formula is C8H7O2. The molecule has 0 atom stereocenters. The van der Waals surface area contributed by atoms with Crippen LogP contribution in [0.3, 0.4) is 0 Å². The first-order chi connectivity index (χ1) is 4.70. The molecule has 0 bridgehead atoms. The van der Waals surface area contributed by atoms with Gasteiger partial charge in [-0.1, -0.05) is 12.1 Å². The summed E-state index contributed by atoms with van der Waals surface area (Å²) < 4.78 is 0. The van der Waals surface area contributed by atoms with Gasteiger partial charge in [-0.3, -0.25) is 0 Å². The number of hydrogen-bond acceptors (Lipinski definition) is 1. The normalized spacial score (nSPS) is 9.30. The summed E-state index contributed by atoms with van der Waals surface area (Å²) in [5, 5.41) is 8.46. The summed E-state index contributed by atoms with van der Waals surface area (Å²) in [6.45, 7) is 3.63. The predicted molar refractivity (Wildman–Crippen MR) is 37.9 cm³/mol. The van der Waals surface area contributed by atoms with Crippen LogP contribution < -0.4 is 0 Å². The molecule has 10 heavy (non-hydrogen) atoms. The lowest BCUT2D eigenvalue weighted by atomic mass is 10.2. The van der Waals surface area contributed by atoms with Crippen LogP contribution >= 0.6 is 0 Å². The van der Waals surface area contributed by atoms with E-state index in [4.69, 9.17) is 5.11 Å². The molecule has 0 saturated heterocycles. The molecular weight excluding hydrogens is 128 g/mol. The average Bonchev–Trinajstić information content (AvgIpc) is 1.88. The first-order valence-electron chi connectivity index (χ1n) is 2.85. The standard InChI is InChI=1S/C8H7O2/c1-6-2-4-7(5-3-6)8(9)10/h2-5H,1H2,(H,9,10). The molecule has 1 N–H and O–H groups in total. The van der Waals surface area contributed by atoms with Gasteiger partial charge in [0.1, 0.15) is 0 Å². The number of aromatic carboxylic acids is 1. The van der Waals surface area contributed by atoms with E-state index in [0.717, 1.165) is 5.56 Å². The summed E-state index contributed by atoms with van der Waals surface area (Å²) in [4.78, 5) is 10.3. The van der Waals surface area contributed by atoms with Crippen LogP contribution in [0.1, 0.15) is 15.9 Å². The SMILES string of the molecule is [CH2]c1ccc(C(=O)O)cc1. The second-order valence-corrected chi connectivity index (χ2v) is 2.00. The highest BCUT2D eigenvalue weighted by atomic mass is 16.4. The number of hydrogen-bond donors (Lipinski definition) is 1. The van der Waals surface area contributed by atoms with Gasteiger partial charge < -0.3 is 5.11 Å². The van der Waals surface area contributed by atoms with Crippen molar-refractivity contribution in [2.75, 3.05) is 0 Å². The van der Waals surface area contributed by atoms with E-state index in [2.05, 4.69) is 6.92 Å². The molecule has 2 nitrogen and oxygen atoms in total. The molecule has 1 rings (SSSR count). The van der Waals surface area contributed by atoms with E-state index in [9.17, 15) is 4.79 Å². The highest BCUT2D eigenvalue weighted by Crippen LogP contribution is 2.01. The van der Waals surface area contributed by atoms with Gasteiger partial charge in [0.15, 0.2) is 0 Å². The molecule has 0 saturated carbocycles. The average molecular weight is 135 g/mol. The van der Waals surface area contributed by atoms with Gasteiger partial charge >= 0.3 is 5.97 Å². The maximum Gasteiger partial charge on any atom is 0.335 e. The topological polar surface area (TPSA) is 37.3 Å². The Hall–Kier alpha value is -1.31. The molecule has 0 unspecified atom stereocenters. The lowest BCUT2D eigenvalue weighted by molar-refractivity contribution is 0.0697. The Morgan fingerprint density at radius 2 is 1.80 bits per heavy atom. The van der Waals surface area contributed by atoms with E-state index in [0.29, 0.717) is 5.56 Å². The number of carboxylic acid groups (broad SMARTS) is 1. The second-order valence-electron chi connectivity index (χ2n) is 2.00. The molecule has 0 fully saturated rings. The molecule has 1 aromatic carbocycles. The Morgan fingerprint density at radius 3 is 2.20 bits per heavy atom. The lowest BCUT2D eigenvalue weighted by Crippen LogP contribution is -1.94. The van der Waals surface area contributed by atoms with Crippen molar-refractivity contribution in [1.82, 2.24) is 0 Å². The maximum absolute atomic E-state index is 10.3. The first kappa shape index (κ1) is 6.81. The highest BCUT2D eigenvalue weighted by molar-refractivity contribution is 5.87. The molecule has 0 aliphatic rings. The molecule has 1 aromatic rings. The van der Waals surface area contributed by atoms with E-state index in [-0.39, 0.29) is 0 Å². The Bertz CT molecular complexity index is 236. The van der Waals surface area contributed by atoms with Crippen molar-refractivity contribution < 1.29 is 9.90 Å². The molecule has 0 aromatic heterocycles. The van der Waals surface area contributed by atoms with E-state index in [1.807, 2.05) is 0 Å². The molecule has 0 heterocycles. The van der Waals surface area contributed by atoms with Crippen LogP contribution in [-0.4, -0.2) is 11.1 Å². The molecule has 0 amide bonds. The maximum atomic E-state index is 10.3. The third kappa shape index (κ3) is 1.35. The Labute approximate surface area is 59.1 Å². The van der Waals surface area contributed by atoms with E-state index < -0.39 is 5.97 Å². The molecule has 51 valence electrons. The number of benzene rings is 1. The van der Waals surface area contributed by atoms with Crippen molar-refractivity contribution >= 4 is 5.97 Å². The van der Waals surface area contributed by atoms with Crippen molar-refractivity contribution in [3.05, 3.63) is 42.3 Å². The monoisotopic (exact) mass is 135 g/mol. The van der Waals surface area contributed by atoms with Crippen molar-refractivity contribution in [3.63, 3.8) is 0 Å². The summed E-state index contributed by atoms with van der Waals surface area (Å²) in [6.07, 6.45) is 0. The summed E-state index contributed by atoms with van der Waals surface area (Å²) in [5.74, 6) is -0.903. The third-order valence-corrected chi connectivity index (χ3v) is 1.20. The third-order valence-electron chi connectivity index (χ3n) is 1.20. The zero-order valence-electron chi connectivity index (χ0n) is 5.37. The van der Waals surface area contributed by atoms with Gasteiger partial charge in [0.25, 0.3) is 0 Å². The van der Waals surface area contributed by atoms with Crippen molar-refractivity contribution in [1.29, 1.82) is 0 Å². The minimum absolute atomic E-state index is 0.299. The van der Waals surface area contributed by atoms with Gasteiger partial charge in [0, 0.05) is 0 Å². The Balaban J connectivity index is 3.00. The molecule has 0 aliphatic heterocycles. The summed E-state index contributed by atoms with van der Waals surface area (Å²) >= 11 is 0. The van der Waals surface area contributed by atoms with Crippen LogP contribution in [-0.2, 0) is 0 Å². The number of carbonyl (C=O) groups is 1. The summed E-state index contributed by atoms with van der Waals surface area (Å²) in [6, 6.07) is 6.40. The van der Waals surface area contributed by atoms with Crippen molar-refractivity contribution in [2.45, 2.75) is 0 Å². The molecule has 0 spiro atoms. The van der Waals surface area contributed by atoms with Gasteiger partial charge in [-0.15, -0.1) is 0 Å². The van der Waals surface area contributed by atoms with Gasteiger partial charge in [-0.2, -0.15) is 0 Å². The molecule has 0 aliphatic carbocycles. The van der Waals surface area contributed by atoms with Gasteiger partial charge in [0.05, 0.1) is 5.56 Å². The van der Waals surface area contributed by atoms with Crippen LogP contribution in [0.4, 0.5) is 0 Å². The zero-order valence-corrected chi connectivity index (χ0v) is 5.37. The fourth-order valence-electron chi connectivity index (χ4n) is 0.647. The predicted octanol–water partition coefficient (Wildman–Crippen LogP) is 1.57. The fraction of sp³-hybridized carbons (Fsp3) is 0. The Kier molecular flexibility index (Phi) is 1.71. The largest absolute Gasteiger partial charge is 0.478 e. The minimum atomic E-state index is -0.903. The summed E-state index contributed by atoms with van der Waals surface area (Å²) in [7, 11) is 0. The van der Waals surface area contributed by atoms with Gasteiger partial charge in [-0.05, 0) is 24.6 Å². The summed E-state index contributed by atoms with van der Waals surface area (Å²) in [5.41, 5.74) is 1.12. The van der Waals surface area contributed by atoms with Crippen LogP contribution in [0.15, 0.2) is 24.3 Å². The minimum Gasteiger partial charge on any atom is -0.478 e. The van der Waals surface area contributed by atoms with Crippen LogP contribution in [0.2, 0.25) is 0 Å². The van der Waals surface area contributed by atoms with Gasteiger partial charge in [-0.25, -0.2) is 4.79 Å². The zero-order chi connectivity index (χ0) is 7.56. The number of carboxylic acids is 1. The van der Waals surface area contributed by atoms with Crippen LogP contribution in [0, 0.1) is 6.92 Å². The van der Waals surface area contributed by atoms with Crippen LogP contribution in [0.25, 0.3) is 0 Å². The highest BCUT2D eigenvalue weighted by Gasteiger charge is 1.98. The van der Waals surface area contributed by atoms with E-state index in [1.54, 1.807) is 12.1 Å². The van der Waals surface area contributed by atoms with E-state index >= 15 is 0 Å². The van der Waals surface area contributed by atoms with Crippen molar-refractivity contribution in [3.8, 4) is 0 Å². The van der Waals surface area contributed by atoms with Crippen molar-refractivity contribution in [2.24, 2.45) is 0 Å². The quantitative estimate of drug-likeness (QED) is 0.634. The Morgan fingerprint density at radius 1 is 1.30 bits per heavy atom.